The summed E-state index contributed by atoms with van der Waals surface area (Å²) in [7, 11) is -4.44. The summed E-state index contributed by atoms with van der Waals surface area (Å²) < 4.78 is 18.4. The number of phosphoric acid groups is 1. The van der Waals surface area contributed by atoms with Crippen LogP contribution in [0.1, 0.15) is 13.8 Å². The molecule has 11 heavy (non-hydrogen) atoms. The van der Waals surface area contributed by atoms with E-state index in [1.807, 2.05) is 0 Å². The maximum absolute atomic E-state index is 10.5. The molecule has 1 unspecified atom stereocenters. The highest BCUT2D eigenvalue weighted by molar-refractivity contribution is 7.45. The van der Waals surface area contributed by atoms with Crippen LogP contribution < -0.4 is 4.89 Å². The Morgan fingerprint density at radius 3 is 2.64 bits per heavy atom. The summed E-state index contributed by atoms with van der Waals surface area (Å²) in [5.41, 5.74) is 7.68. The van der Waals surface area contributed by atoms with E-state index < -0.39 is 13.9 Å². The normalized spacial score (nSPS) is 15.3. The van der Waals surface area contributed by atoms with E-state index in [1.165, 1.54) is 13.8 Å². The van der Waals surface area contributed by atoms with E-state index in [2.05, 4.69) is 19.3 Å². The molecule has 8 heteroatoms. The summed E-state index contributed by atoms with van der Waals surface area (Å²) in [6, 6.07) is 0. The molecule has 0 amide bonds. The van der Waals surface area contributed by atoms with Crippen LogP contribution in [0.15, 0.2) is 5.28 Å². The minimum Gasteiger partial charge on any atom is -0.746 e. The number of hydrogen-bond acceptors (Lipinski definition) is 5. The lowest BCUT2D eigenvalue weighted by Crippen LogP contribution is -2.10. The molecule has 0 saturated heterocycles. The maximum atomic E-state index is 10.5. The molecular formula is C3H7N3O4P-. The summed E-state index contributed by atoms with van der Waals surface area (Å²) in [4.78, 5) is 12.6. The molecule has 0 saturated carbocycles. The fourth-order valence-electron chi connectivity index (χ4n) is 0.338. The highest BCUT2D eigenvalue weighted by atomic mass is 31.2. The van der Waals surface area contributed by atoms with Crippen LogP contribution in [0.2, 0.25) is 0 Å². The third kappa shape index (κ3) is 5.69. The van der Waals surface area contributed by atoms with Crippen molar-refractivity contribution in [2.45, 2.75) is 20.0 Å². The fourth-order valence-corrected chi connectivity index (χ4v) is 1.02. The van der Waals surface area contributed by atoms with Crippen LogP contribution in [-0.4, -0.2) is 6.10 Å². The molecule has 7 nitrogen and oxygen atoms in total. The Labute approximate surface area is 63.1 Å². The Morgan fingerprint density at radius 2 is 2.27 bits per heavy atom. The van der Waals surface area contributed by atoms with E-state index >= 15 is 0 Å². The molecule has 0 spiro atoms. The summed E-state index contributed by atoms with van der Waals surface area (Å²) in [5, 5.41) is 2.38. The van der Waals surface area contributed by atoms with Crippen molar-refractivity contribution in [3.05, 3.63) is 10.4 Å². The Kier molecular flexibility index (Phi) is 3.92. The Morgan fingerprint density at radius 1 is 1.73 bits per heavy atom. The maximum Gasteiger partial charge on any atom is 0.326 e. The van der Waals surface area contributed by atoms with Gasteiger partial charge in [-0.25, -0.2) is 0 Å². The Balaban J connectivity index is 4.00. The molecule has 0 heterocycles. The number of azide groups is 1. The number of rotatable bonds is 4. The van der Waals surface area contributed by atoms with Crippen LogP contribution in [-0.2, 0) is 13.7 Å². The van der Waals surface area contributed by atoms with Gasteiger partial charge in [-0.15, -0.1) is 0 Å². The molecule has 0 fully saturated rings. The zero-order valence-electron chi connectivity index (χ0n) is 6.00. The fraction of sp³-hybridized carbons (Fsp3) is 1.00. The highest BCUT2D eigenvalue weighted by Crippen LogP contribution is 2.39. The third-order valence-corrected chi connectivity index (χ3v) is 1.47. The van der Waals surface area contributed by atoms with Gasteiger partial charge in [0.25, 0.3) is 0 Å². The molecule has 0 aliphatic heterocycles. The number of phosphoric ester groups is 1. The van der Waals surface area contributed by atoms with Gasteiger partial charge in [0.05, 0.1) is 6.10 Å². The van der Waals surface area contributed by atoms with Gasteiger partial charge in [-0.05, 0) is 19.4 Å². The summed E-state index contributed by atoms with van der Waals surface area (Å²) in [5.74, 6) is 0. The first-order chi connectivity index (χ1) is 4.98. The van der Waals surface area contributed by atoms with Crippen LogP contribution in [0.4, 0.5) is 0 Å². The van der Waals surface area contributed by atoms with E-state index in [1.54, 1.807) is 0 Å². The lowest BCUT2D eigenvalue weighted by atomic mass is 10.5. The molecule has 1 atom stereocenters. The first-order valence-electron chi connectivity index (χ1n) is 2.70. The van der Waals surface area contributed by atoms with Gasteiger partial charge in [-0.3, -0.25) is 4.57 Å². The van der Waals surface area contributed by atoms with Gasteiger partial charge in [-0.2, -0.15) is 0 Å². The van der Waals surface area contributed by atoms with Crippen molar-refractivity contribution in [3.63, 3.8) is 0 Å². The molecular weight excluding hydrogens is 173 g/mol. The quantitative estimate of drug-likeness (QED) is 0.212. The second kappa shape index (κ2) is 4.20. The molecule has 0 rings (SSSR count). The Hall–Kier alpha value is -0.740. The van der Waals surface area contributed by atoms with E-state index in [0.717, 1.165) is 0 Å². The first-order valence-corrected chi connectivity index (χ1v) is 4.16. The molecule has 0 N–H and O–H groups in total. The molecule has 0 aromatic heterocycles. The van der Waals surface area contributed by atoms with E-state index in [-0.39, 0.29) is 0 Å². The van der Waals surface area contributed by atoms with Crippen LogP contribution in [0, 0.1) is 0 Å². The van der Waals surface area contributed by atoms with Crippen LogP contribution >= 0.6 is 7.82 Å². The van der Waals surface area contributed by atoms with Crippen molar-refractivity contribution in [3.8, 4) is 0 Å². The lowest BCUT2D eigenvalue weighted by Gasteiger charge is -2.21. The number of hydrogen-bond donors (Lipinski definition) is 0. The van der Waals surface area contributed by atoms with E-state index in [4.69, 9.17) is 5.53 Å². The minimum atomic E-state index is -4.44. The number of nitrogens with zero attached hydrogens (tertiary/aromatic N) is 3. The third-order valence-electron chi connectivity index (χ3n) is 0.513. The van der Waals surface area contributed by atoms with Gasteiger partial charge in [0.2, 0.25) is 0 Å². The molecule has 0 bridgehead atoms. The van der Waals surface area contributed by atoms with Crippen molar-refractivity contribution in [1.29, 1.82) is 0 Å². The zero-order valence-corrected chi connectivity index (χ0v) is 6.89. The topological polar surface area (TPSA) is 107 Å². The van der Waals surface area contributed by atoms with Gasteiger partial charge in [-0.1, -0.05) is 0 Å². The van der Waals surface area contributed by atoms with E-state index in [9.17, 15) is 9.46 Å². The molecule has 0 aliphatic carbocycles. The molecule has 0 aliphatic rings. The average Bonchev–Trinajstić information content (AvgIpc) is 1.81. The smallest absolute Gasteiger partial charge is 0.326 e. The summed E-state index contributed by atoms with van der Waals surface area (Å²) in [6.45, 7) is 3.01. The minimum absolute atomic E-state index is 0.535. The van der Waals surface area contributed by atoms with Gasteiger partial charge in [0.1, 0.15) is 5.28 Å². The van der Waals surface area contributed by atoms with Crippen molar-refractivity contribution in [2.24, 2.45) is 5.28 Å². The molecule has 0 aromatic carbocycles. The lowest BCUT2D eigenvalue weighted by molar-refractivity contribution is -0.228. The van der Waals surface area contributed by atoms with Crippen LogP contribution in [0.3, 0.4) is 0 Å². The van der Waals surface area contributed by atoms with Crippen LogP contribution in [0.25, 0.3) is 10.4 Å². The average molecular weight is 180 g/mol. The predicted molar refractivity (Wildman–Crippen MR) is 34.1 cm³/mol. The standard InChI is InChI=1S/C3H8N3O4P/c1-3(2)9-11(7,8)10-6-5-4/h3H,1-2H3,(H,7,8)/p-1. The van der Waals surface area contributed by atoms with Gasteiger partial charge in [0.15, 0.2) is 0 Å². The van der Waals surface area contributed by atoms with Gasteiger partial charge in [0, 0.05) is 4.91 Å². The van der Waals surface area contributed by atoms with E-state index in [0.29, 0.717) is 0 Å². The van der Waals surface area contributed by atoms with Gasteiger partial charge >= 0.3 is 7.82 Å². The largest absolute Gasteiger partial charge is 0.746 e. The monoisotopic (exact) mass is 180 g/mol. The van der Waals surface area contributed by atoms with Crippen molar-refractivity contribution >= 4 is 7.82 Å². The SMILES string of the molecule is CC(C)OP(=O)([O-])ON=[N+]=[N-]. The summed E-state index contributed by atoms with van der Waals surface area (Å²) in [6.07, 6.45) is -0.535. The zero-order chi connectivity index (χ0) is 8.91. The van der Waals surface area contributed by atoms with Gasteiger partial charge < -0.3 is 14.0 Å². The Bertz CT molecular complexity index is 211. The predicted octanol–water partition coefficient (Wildman–Crippen LogP) is 1.12. The molecule has 0 radical (unpaired) electrons. The molecule has 64 valence electrons. The van der Waals surface area contributed by atoms with Crippen molar-refractivity contribution in [2.75, 3.05) is 0 Å². The highest BCUT2D eigenvalue weighted by Gasteiger charge is 2.10. The second-order valence-corrected chi connectivity index (χ2v) is 3.12. The summed E-state index contributed by atoms with van der Waals surface area (Å²) >= 11 is 0. The second-order valence-electron chi connectivity index (χ2n) is 1.85. The first kappa shape index (κ1) is 10.3. The molecule has 0 aromatic rings. The van der Waals surface area contributed by atoms with Crippen molar-refractivity contribution in [1.82, 2.24) is 0 Å². The van der Waals surface area contributed by atoms with Crippen LogP contribution in [0.5, 0.6) is 0 Å². The van der Waals surface area contributed by atoms with Crippen molar-refractivity contribution < 1.29 is 18.6 Å².